The Labute approximate surface area is 126 Å². The van der Waals surface area contributed by atoms with Crippen molar-refractivity contribution < 1.29 is 14.8 Å². The Bertz CT molecular complexity index is 704. The molecule has 0 fully saturated rings. The van der Waals surface area contributed by atoms with E-state index in [0.29, 0.717) is 0 Å². The van der Waals surface area contributed by atoms with Crippen LogP contribution in [0, 0.1) is 6.92 Å². The van der Waals surface area contributed by atoms with Gasteiger partial charge in [0, 0.05) is 50.1 Å². The van der Waals surface area contributed by atoms with E-state index >= 15 is 0 Å². The molecule has 114 valence electrons. The van der Waals surface area contributed by atoms with E-state index in [0.717, 1.165) is 22.0 Å². The fraction of sp³-hybridized carbons (Fsp3) is 0.500. The van der Waals surface area contributed by atoms with Gasteiger partial charge in [-0.3, -0.25) is 0 Å². The average Bonchev–Trinajstić information content (AvgIpc) is 2.27. The van der Waals surface area contributed by atoms with E-state index in [1.54, 1.807) is 6.07 Å². The minimum absolute atomic E-state index is 0.0112. The van der Waals surface area contributed by atoms with E-state index in [4.69, 9.17) is 0 Å². The summed E-state index contributed by atoms with van der Waals surface area (Å²) in [4.78, 5) is 0. The number of phenolic OH excluding ortho intramolecular Hbond substituents is 2. The van der Waals surface area contributed by atoms with Gasteiger partial charge in [0.2, 0.25) is 0 Å². The maximum absolute atomic E-state index is 10.3. The van der Waals surface area contributed by atoms with Gasteiger partial charge in [-0.05, 0) is 11.5 Å². The number of hydrogen-bond acceptors (Lipinski definition) is 2. The lowest BCUT2D eigenvalue weighted by Gasteiger charge is -2.24. The summed E-state index contributed by atoms with van der Waals surface area (Å²) in [5, 5.41) is 22.3. The van der Waals surface area contributed by atoms with E-state index < -0.39 is 0 Å². The van der Waals surface area contributed by atoms with Gasteiger partial charge in [0.25, 0.3) is 0 Å². The van der Waals surface area contributed by atoms with Gasteiger partial charge in [0.15, 0.2) is 28.9 Å². The van der Waals surface area contributed by atoms with Crippen LogP contribution in [0.2, 0.25) is 0 Å². The maximum Gasteiger partial charge on any atom is 0.179 e. The summed E-state index contributed by atoms with van der Waals surface area (Å²) in [7, 11) is 0. The molecule has 0 aliphatic rings. The van der Waals surface area contributed by atoms with Crippen LogP contribution in [0.4, 0.5) is 0 Å². The van der Waals surface area contributed by atoms with Crippen molar-refractivity contribution in [1.82, 2.24) is 0 Å². The van der Waals surface area contributed by atoms with Gasteiger partial charge in [0.05, 0.1) is 0 Å². The summed E-state index contributed by atoms with van der Waals surface area (Å²) in [5.41, 5.74) is 1.64. The number of pyridine rings is 1. The first-order chi connectivity index (χ1) is 9.43. The molecule has 2 aromatic rings. The molecule has 0 radical (unpaired) electrons. The van der Waals surface area contributed by atoms with Gasteiger partial charge >= 0.3 is 0 Å². The van der Waals surface area contributed by atoms with Crippen LogP contribution < -0.4 is 4.57 Å². The molecule has 3 nitrogen and oxygen atoms in total. The third-order valence-electron chi connectivity index (χ3n) is 3.83. The number of hydrogen-bond donors (Lipinski definition) is 2. The summed E-state index contributed by atoms with van der Waals surface area (Å²) in [5.74, 6) is -0.0698. The molecule has 0 spiro atoms. The number of aromatic nitrogens is 1. The van der Waals surface area contributed by atoms with Gasteiger partial charge in [0.1, 0.15) is 0 Å². The standard InChI is InChI=1S/C18H25NO2/c1-11-8-13-12(10-19(11)18(5,6)7)9-14(20)16(21)15(13)17(2,3)4/h8-10,20H,1-7H3/p+1. The van der Waals surface area contributed by atoms with Gasteiger partial charge in [-0.25, -0.2) is 0 Å². The van der Waals surface area contributed by atoms with Crippen molar-refractivity contribution in [2.75, 3.05) is 0 Å². The number of fused-ring (bicyclic) bond motifs is 1. The highest BCUT2D eigenvalue weighted by Crippen LogP contribution is 2.42. The van der Waals surface area contributed by atoms with Crippen LogP contribution in [-0.2, 0) is 11.0 Å². The van der Waals surface area contributed by atoms with Crippen LogP contribution in [0.1, 0.15) is 52.8 Å². The maximum atomic E-state index is 10.3. The van der Waals surface area contributed by atoms with E-state index in [2.05, 4.69) is 44.5 Å². The van der Waals surface area contributed by atoms with E-state index in [9.17, 15) is 10.2 Å². The highest BCUT2D eigenvalue weighted by atomic mass is 16.3. The summed E-state index contributed by atoms with van der Waals surface area (Å²) < 4.78 is 2.19. The Balaban J connectivity index is 2.93. The zero-order valence-electron chi connectivity index (χ0n) is 14.1. The molecule has 0 bridgehead atoms. The van der Waals surface area contributed by atoms with Crippen LogP contribution in [0.15, 0.2) is 18.3 Å². The number of aryl methyl sites for hydroxylation is 1. The second kappa shape index (κ2) is 4.62. The third kappa shape index (κ3) is 2.69. The Morgan fingerprint density at radius 2 is 1.52 bits per heavy atom. The van der Waals surface area contributed by atoms with E-state index in [-0.39, 0.29) is 22.5 Å². The molecule has 1 aromatic carbocycles. The molecule has 1 aromatic heterocycles. The zero-order valence-corrected chi connectivity index (χ0v) is 14.1. The van der Waals surface area contributed by atoms with Crippen molar-refractivity contribution in [1.29, 1.82) is 0 Å². The molecule has 0 saturated heterocycles. The molecule has 0 atom stereocenters. The molecule has 1 heterocycles. The van der Waals surface area contributed by atoms with Crippen molar-refractivity contribution >= 4 is 10.8 Å². The second-order valence-electron chi connectivity index (χ2n) is 7.83. The predicted molar refractivity (Wildman–Crippen MR) is 85.9 cm³/mol. The first-order valence-electron chi connectivity index (χ1n) is 7.35. The minimum Gasteiger partial charge on any atom is -0.504 e. The van der Waals surface area contributed by atoms with Gasteiger partial charge in [-0.1, -0.05) is 20.8 Å². The van der Waals surface area contributed by atoms with Crippen molar-refractivity contribution in [3.63, 3.8) is 0 Å². The van der Waals surface area contributed by atoms with Crippen molar-refractivity contribution in [2.24, 2.45) is 0 Å². The average molecular weight is 288 g/mol. The molecular formula is C18H26NO2+. The lowest BCUT2D eigenvalue weighted by molar-refractivity contribution is -0.758. The van der Waals surface area contributed by atoms with Gasteiger partial charge in [-0.15, -0.1) is 0 Å². The molecule has 0 unspecified atom stereocenters. The summed E-state index contributed by atoms with van der Waals surface area (Å²) >= 11 is 0. The van der Waals surface area contributed by atoms with Gasteiger partial charge < -0.3 is 10.2 Å². The number of benzene rings is 1. The predicted octanol–water partition coefficient (Wildman–Crippen LogP) is 3.90. The second-order valence-corrected chi connectivity index (χ2v) is 7.83. The summed E-state index contributed by atoms with van der Waals surface area (Å²) in [6.07, 6.45) is 2.05. The molecule has 0 aliphatic carbocycles. The number of nitrogens with zero attached hydrogens (tertiary/aromatic N) is 1. The number of rotatable bonds is 0. The molecule has 0 aliphatic heterocycles. The lowest BCUT2D eigenvalue weighted by atomic mass is 9.82. The van der Waals surface area contributed by atoms with Crippen LogP contribution in [0.3, 0.4) is 0 Å². The summed E-state index contributed by atoms with van der Waals surface area (Å²) in [6.45, 7) is 14.6. The Morgan fingerprint density at radius 1 is 0.952 bits per heavy atom. The van der Waals surface area contributed by atoms with Crippen LogP contribution in [-0.4, -0.2) is 10.2 Å². The molecule has 21 heavy (non-hydrogen) atoms. The molecule has 2 rings (SSSR count). The van der Waals surface area contributed by atoms with Gasteiger partial charge in [-0.2, -0.15) is 4.57 Å². The molecule has 2 N–H and O–H groups in total. The summed E-state index contributed by atoms with van der Waals surface area (Å²) in [6, 6.07) is 3.74. The Hall–Kier alpha value is -1.77. The van der Waals surface area contributed by atoms with E-state index in [1.807, 2.05) is 20.8 Å². The quantitative estimate of drug-likeness (QED) is 0.570. The van der Waals surface area contributed by atoms with Crippen LogP contribution >= 0.6 is 0 Å². The topological polar surface area (TPSA) is 44.3 Å². The normalized spacial score (nSPS) is 12.9. The van der Waals surface area contributed by atoms with Crippen LogP contribution in [0.5, 0.6) is 11.5 Å². The Morgan fingerprint density at radius 3 is 2.00 bits per heavy atom. The number of phenols is 2. The molecule has 0 amide bonds. The lowest BCUT2D eigenvalue weighted by Crippen LogP contribution is -2.52. The largest absolute Gasteiger partial charge is 0.504 e. The van der Waals surface area contributed by atoms with Crippen molar-refractivity contribution in [3.05, 3.63) is 29.6 Å². The monoisotopic (exact) mass is 288 g/mol. The first kappa shape index (κ1) is 15.6. The highest BCUT2D eigenvalue weighted by molar-refractivity contribution is 5.90. The Kier molecular flexibility index (Phi) is 3.43. The fourth-order valence-electron chi connectivity index (χ4n) is 2.96. The van der Waals surface area contributed by atoms with E-state index in [1.165, 1.54) is 0 Å². The minimum atomic E-state index is -0.249. The SMILES string of the molecule is Cc1cc2c(C(C)(C)C)c(O)c(O)cc2c[n+]1C(C)(C)C. The molecule has 3 heteroatoms. The molecular weight excluding hydrogens is 262 g/mol. The first-order valence-corrected chi connectivity index (χ1v) is 7.35. The zero-order chi connectivity index (χ0) is 16.2. The van der Waals surface area contributed by atoms with Crippen molar-refractivity contribution in [3.8, 4) is 11.5 Å². The third-order valence-corrected chi connectivity index (χ3v) is 3.83. The highest BCUT2D eigenvalue weighted by Gasteiger charge is 2.29. The fourth-order valence-corrected chi connectivity index (χ4v) is 2.96. The van der Waals surface area contributed by atoms with Crippen LogP contribution in [0.25, 0.3) is 10.8 Å². The smallest absolute Gasteiger partial charge is 0.179 e. The van der Waals surface area contributed by atoms with Crippen molar-refractivity contribution in [2.45, 2.75) is 59.4 Å². The molecule has 0 saturated carbocycles. The number of aromatic hydroxyl groups is 2.